The van der Waals surface area contributed by atoms with E-state index in [1.165, 1.54) is 16.7 Å². The van der Waals surface area contributed by atoms with E-state index in [-0.39, 0.29) is 23.6 Å². The summed E-state index contributed by atoms with van der Waals surface area (Å²) in [6.45, 7) is 3.37. The number of alkyl halides is 3. The van der Waals surface area contributed by atoms with Crippen molar-refractivity contribution < 1.29 is 19.1 Å². The van der Waals surface area contributed by atoms with E-state index in [1.807, 2.05) is 44.2 Å². The zero-order chi connectivity index (χ0) is 21.4. The predicted octanol–water partition coefficient (Wildman–Crippen LogP) is 2.83. The number of alkyl carbamates (subject to hydrolysis) is 1. The van der Waals surface area contributed by atoms with Crippen molar-refractivity contribution in [1.29, 1.82) is 0 Å². The molecule has 2 aliphatic rings. The Balaban J connectivity index is 1.59. The average molecular weight is 481 g/mol. The zero-order valence-corrected chi connectivity index (χ0v) is 18.7. The summed E-state index contributed by atoms with van der Waals surface area (Å²) in [5, 5.41) is 5.17. The fourth-order valence-electron chi connectivity index (χ4n) is 3.28. The minimum Gasteiger partial charge on any atom is -0.445 e. The van der Waals surface area contributed by atoms with Crippen LogP contribution in [0.15, 0.2) is 30.3 Å². The van der Waals surface area contributed by atoms with Crippen molar-refractivity contribution in [2.75, 3.05) is 6.61 Å². The Labute approximate surface area is 187 Å². The molecule has 29 heavy (non-hydrogen) atoms. The molecule has 2 heterocycles. The second kappa shape index (κ2) is 8.41. The molecule has 158 valence electrons. The van der Waals surface area contributed by atoms with Gasteiger partial charge in [-0.05, 0) is 19.4 Å². The number of nitrogens with one attached hydrogen (secondary N) is 2. The van der Waals surface area contributed by atoms with E-state index in [0.29, 0.717) is 0 Å². The normalized spacial score (nSPS) is 25.1. The van der Waals surface area contributed by atoms with E-state index in [2.05, 4.69) is 10.6 Å². The van der Waals surface area contributed by atoms with Gasteiger partial charge in [-0.2, -0.15) is 0 Å². The molecule has 0 saturated carbocycles. The number of thioether (sulfide) groups is 1. The van der Waals surface area contributed by atoms with Gasteiger partial charge in [-0.15, -0.1) is 11.8 Å². The number of halogens is 3. The molecule has 0 aliphatic carbocycles. The van der Waals surface area contributed by atoms with Crippen molar-refractivity contribution in [2.24, 2.45) is 0 Å². The first-order chi connectivity index (χ1) is 13.5. The molecule has 1 unspecified atom stereocenters. The quantitative estimate of drug-likeness (QED) is 0.500. The molecule has 7 nitrogen and oxygen atoms in total. The number of nitrogens with zero attached hydrogens (tertiary/aromatic N) is 1. The highest BCUT2D eigenvalue weighted by Gasteiger charge is 2.62. The summed E-state index contributed by atoms with van der Waals surface area (Å²) in [6, 6.07) is 8.64. The molecule has 1 aromatic carbocycles. The average Bonchev–Trinajstić information content (AvgIpc) is 2.86. The van der Waals surface area contributed by atoms with E-state index >= 15 is 0 Å². The van der Waals surface area contributed by atoms with Gasteiger partial charge >= 0.3 is 6.09 Å². The maximum Gasteiger partial charge on any atom is 0.408 e. The van der Waals surface area contributed by atoms with Crippen molar-refractivity contribution in [3.05, 3.63) is 35.9 Å². The summed E-state index contributed by atoms with van der Waals surface area (Å²) >= 11 is 18.2. The predicted molar refractivity (Wildman–Crippen MR) is 113 cm³/mol. The number of β-lactam (4-membered cyclic amide) rings is 1. The number of hydrogen-bond acceptors (Lipinski definition) is 5. The Kier molecular flexibility index (Phi) is 6.48. The highest BCUT2D eigenvalue weighted by molar-refractivity contribution is 8.01. The number of fused-ring (bicyclic) bond motifs is 1. The number of carbonyl (C=O) groups is 3. The highest BCUT2D eigenvalue weighted by atomic mass is 35.6. The lowest BCUT2D eigenvalue weighted by Crippen LogP contribution is -2.72. The second-order valence-corrected chi connectivity index (χ2v) is 11.6. The van der Waals surface area contributed by atoms with E-state index < -0.39 is 33.4 Å². The van der Waals surface area contributed by atoms with Crippen LogP contribution in [0.3, 0.4) is 0 Å². The largest absolute Gasteiger partial charge is 0.445 e. The molecule has 1 aromatic rings. The number of amides is 3. The van der Waals surface area contributed by atoms with E-state index in [4.69, 9.17) is 39.5 Å². The van der Waals surface area contributed by atoms with E-state index in [9.17, 15) is 14.4 Å². The minimum atomic E-state index is -1.72. The molecule has 0 spiro atoms. The third kappa shape index (κ3) is 5.23. The summed E-state index contributed by atoms with van der Waals surface area (Å²) in [5.41, 5.74) is 0.865. The topological polar surface area (TPSA) is 87.7 Å². The molecule has 3 amide bonds. The monoisotopic (exact) mass is 479 g/mol. The number of rotatable bonds is 5. The van der Waals surface area contributed by atoms with E-state index in [0.717, 1.165) is 5.56 Å². The van der Waals surface area contributed by atoms with Crippen LogP contribution in [0.5, 0.6) is 0 Å². The van der Waals surface area contributed by atoms with Gasteiger partial charge < -0.3 is 15.0 Å². The Morgan fingerprint density at radius 2 is 1.86 bits per heavy atom. The van der Waals surface area contributed by atoms with Crippen molar-refractivity contribution in [2.45, 2.75) is 46.4 Å². The molecule has 0 radical (unpaired) electrons. The lowest BCUT2D eigenvalue weighted by atomic mass is 10.0. The summed E-state index contributed by atoms with van der Waals surface area (Å²) in [6.07, 6.45) is -1.22. The van der Waals surface area contributed by atoms with Crippen LogP contribution < -0.4 is 10.6 Å². The maximum atomic E-state index is 12.7. The first-order valence-electron chi connectivity index (χ1n) is 8.81. The number of carbonyl (C=O) groups excluding carboxylic acids is 3. The smallest absolute Gasteiger partial charge is 0.408 e. The Bertz CT molecular complexity index is 803. The second-order valence-electron chi connectivity index (χ2n) is 7.30. The third-order valence-electron chi connectivity index (χ3n) is 4.59. The molecule has 3 rings (SSSR count). The number of hydrogen-bond donors (Lipinski definition) is 2. The van der Waals surface area contributed by atoms with Crippen LogP contribution in [0.1, 0.15) is 19.4 Å². The first kappa shape index (κ1) is 22.3. The lowest BCUT2D eigenvalue weighted by molar-refractivity contribution is -0.151. The summed E-state index contributed by atoms with van der Waals surface area (Å²) in [5.74, 6) is -0.493. The van der Waals surface area contributed by atoms with Crippen molar-refractivity contribution in [1.82, 2.24) is 15.5 Å². The van der Waals surface area contributed by atoms with E-state index in [1.54, 1.807) is 0 Å². The van der Waals surface area contributed by atoms with Crippen LogP contribution in [0.2, 0.25) is 0 Å². The molecule has 2 fully saturated rings. The van der Waals surface area contributed by atoms with Crippen molar-refractivity contribution >= 4 is 64.5 Å². The van der Waals surface area contributed by atoms with Gasteiger partial charge in [0.2, 0.25) is 9.70 Å². The van der Waals surface area contributed by atoms with Gasteiger partial charge in [0.1, 0.15) is 24.2 Å². The summed E-state index contributed by atoms with van der Waals surface area (Å²) in [7, 11) is 0. The van der Waals surface area contributed by atoms with Crippen LogP contribution in [0.4, 0.5) is 4.79 Å². The van der Waals surface area contributed by atoms with Crippen LogP contribution in [0, 0.1) is 0 Å². The maximum absolute atomic E-state index is 12.7. The molecule has 0 bridgehead atoms. The highest BCUT2D eigenvalue weighted by Crippen LogP contribution is 2.49. The minimum absolute atomic E-state index is 0.191. The number of benzene rings is 1. The Morgan fingerprint density at radius 1 is 1.21 bits per heavy atom. The molecule has 2 aliphatic heterocycles. The zero-order valence-electron chi connectivity index (χ0n) is 15.7. The van der Waals surface area contributed by atoms with Gasteiger partial charge in [0.15, 0.2) is 0 Å². The lowest BCUT2D eigenvalue weighted by Gasteiger charge is -2.44. The van der Waals surface area contributed by atoms with Crippen molar-refractivity contribution in [3.8, 4) is 0 Å². The van der Waals surface area contributed by atoms with Gasteiger partial charge in [-0.3, -0.25) is 14.9 Å². The van der Waals surface area contributed by atoms with Gasteiger partial charge in [-0.1, -0.05) is 65.1 Å². The van der Waals surface area contributed by atoms with Crippen LogP contribution in [-0.4, -0.2) is 55.5 Å². The molecular formula is C18H20Cl3N3O4S. The van der Waals surface area contributed by atoms with Crippen LogP contribution in [0.25, 0.3) is 0 Å². The Morgan fingerprint density at radius 3 is 2.48 bits per heavy atom. The summed E-state index contributed by atoms with van der Waals surface area (Å²) in [4.78, 5) is 38.6. The summed E-state index contributed by atoms with van der Waals surface area (Å²) < 4.78 is 2.68. The first-order valence-corrected chi connectivity index (χ1v) is 10.8. The standard InChI is InChI=1S/C18H20Cl3N3O4S/c1-17(2)15(23-16(27)28-9-18(19,20)21)24-13(26)12(14(24)29-17)22-11(25)8-10-6-4-3-5-7-10/h3-7,12,14-15H,8-9H2,1-2H3,(H,22,25)(H,23,27)/t12-,14+,15?/m1/s1. The van der Waals surface area contributed by atoms with Crippen LogP contribution in [-0.2, 0) is 20.7 Å². The van der Waals surface area contributed by atoms with Gasteiger partial charge in [0.25, 0.3) is 5.91 Å². The van der Waals surface area contributed by atoms with Gasteiger partial charge in [0, 0.05) is 0 Å². The Hall–Kier alpha value is -1.35. The van der Waals surface area contributed by atoms with Crippen LogP contribution >= 0.6 is 46.6 Å². The molecule has 2 saturated heterocycles. The fourth-order valence-corrected chi connectivity index (χ4v) is 5.03. The van der Waals surface area contributed by atoms with Gasteiger partial charge in [0.05, 0.1) is 11.2 Å². The molecule has 2 N–H and O–H groups in total. The third-order valence-corrected chi connectivity index (χ3v) is 6.49. The molecule has 3 atom stereocenters. The molecular weight excluding hydrogens is 461 g/mol. The van der Waals surface area contributed by atoms with Crippen molar-refractivity contribution in [3.63, 3.8) is 0 Å². The number of ether oxygens (including phenoxy) is 1. The molecule has 11 heteroatoms. The fraction of sp³-hybridized carbons (Fsp3) is 0.500. The molecule has 0 aromatic heterocycles. The van der Waals surface area contributed by atoms with Gasteiger partial charge in [-0.25, -0.2) is 4.79 Å². The SMILES string of the molecule is CC1(C)S[C@H]2[C@H](NC(=O)Cc3ccccc3)C(=O)N2C1NC(=O)OCC(Cl)(Cl)Cl.